The van der Waals surface area contributed by atoms with Crippen LogP contribution in [-0.2, 0) is 4.79 Å². The zero-order valence-corrected chi connectivity index (χ0v) is 8.59. The lowest BCUT2D eigenvalue weighted by Crippen LogP contribution is -2.44. The van der Waals surface area contributed by atoms with Crippen LogP contribution in [0, 0.1) is 5.92 Å². The standard InChI is InChI=1S/C7H12BrNO3/c1-4(3-8)6(5(2)10)9-7(11)12/h4,6,9H,3H2,1-2H3,(H,11,12)/t4?,6-/m1/s1. The number of hydrogen-bond acceptors (Lipinski definition) is 2. The van der Waals surface area contributed by atoms with E-state index >= 15 is 0 Å². The van der Waals surface area contributed by atoms with Gasteiger partial charge in [-0.15, -0.1) is 0 Å². The highest BCUT2D eigenvalue weighted by Crippen LogP contribution is 2.07. The molecule has 0 rings (SSSR count). The van der Waals surface area contributed by atoms with Crippen molar-refractivity contribution in [1.82, 2.24) is 5.32 Å². The van der Waals surface area contributed by atoms with Gasteiger partial charge >= 0.3 is 6.09 Å². The number of amides is 1. The van der Waals surface area contributed by atoms with Crippen LogP contribution in [0.4, 0.5) is 4.79 Å². The number of carbonyl (C=O) groups is 2. The zero-order valence-electron chi connectivity index (χ0n) is 7.00. The second-order valence-corrected chi connectivity index (χ2v) is 3.32. The molecule has 0 saturated heterocycles. The summed E-state index contributed by atoms with van der Waals surface area (Å²) in [5, 5.41) is 11.2. The highest BCUT2D eigenvalue weighted by molar-refractivity contribution is 9.09. The number of halogens is 1. The maximum Gasteiger partial charge on any atom is 0.405 e. The number of carbonyl (C=O) groups excluding carboxylic acids is 1. The van der Waals surface area contributed by atoms with Crippen molar-refractivity contribution >= 4 is 27.8 Å². The Labute approximate surface area is 79.5 Å². The molecule has 0 spiro atoms. The molecule has 0 bridgehead atoms. The van der Waals surface area contributed by atoms with Gasteiger partial charge in [-0.2, -0.15) is 0 Å². The Bertz CT molecular complexity index is 183. The molecule has 0 aliphatic carbocycles. The average Bonchev–Trinajstić information content (AvgIpc) is 1.98. The van der Waals surface area contributed by atoms with Crippen molar-refractivity contribution in [2.75, 3.05) is 5.33 Å². The van der Waals surface area contributed by atoms with Crippen molar-refractivity contribution in [2.45, 2.75) is 19.9 Å². The van der Waals surface area contributed by atoms with Crippen LogP contribution in [0.5, 0.6) is 0 Å². The molecule has 0 saturated carbocycles. The molecule has 70 valence electrons. The number of carboxylic acid groups (broad SMARTS) is 1. The number of alkyl halides is 1. The van der Waals surface area contributed by atoms with Crippen LogP contribution in [0.15, 0.2) is 0 Å². The number of nitrogens with one attached hydrogen (secondary N) is 1. The fraction of sp³-hybridized carbons (Fsp3) is 0.714. The lowest BCUT2D eigenvalue weighted by Gasteiger charge is -2.18. The lowest BCUT2D eigenvalue weighted by atomic mass is 10.0. The van der Waals surface area contributed by atoms with Gasteiger partial charge in [-0.3, -0.25) is 4.79 Å². The molecule has 0 aliphatic heterocycles. The highest BCUT2D eigenvalue weighted by atomic mass is 79.9. The third-order valence-electron chi connectivity index (χ3n) is 1.53. The van der Waals surface area contributed by atoms with Gasteiger partial charge in [0.05, 0.1) is 6.04 Å². The quantitative estimate of drug-likeness (QED) is 0.724. The minimum absolute atomic E-state index is 0.0291. The molecule has 0 aromatic heterocycles. The first-order chi connectivity index (χ1) is 5.49. The third kappa shape index (κ3) is 3.71. The molecular weight excluding hydrogens is 226 g/mol. The minimum Gasteiger partial charge on any atom is -0.465 e. The van der Waals surface area contributed by atoms with Gasteiger partial charge in [-0.05, 0) is 12.8 Å². The Morgan fingerprint density at radius 3 is 2.33 bits per heavy atom. The van der Waals surface area contributed by atoms with Crippen LogP contribution in [0.25, 0.3) is 0 Å². The van der Waals surface area contributed by atoms with Crippen molar-refractivity contribution < 1.29 is 14.7 Å². The Morgan fingerprint density at radius 1 is 1.58 bits per heavy atom. The van der Waals surface area contributed by atoms with Crippen LogP contribution in [0.2, 0.25) is 0 Å². The summed E-state index contributed by atoms with van der Waals surface area (Å²) < 4.78 is 0. The first-order valence-electron chi connectivity index (χ1n) is 3.55. The molecule has 0 aromatic carbocycles. The van der Waals surface area contributed by atoms with E-state index in [1.54, 1.807) is 6.92 Å². The van der Waals surface area contributed by atoms with E-state index in [1.165, 1.54) is 6.92 Å². The molecule has 5 heteroatoms. The first kappa shape index (κ1) is 11.4. The van der Waals surface area contributed by atoms with Gasteiger partial charge in [0.2, 0.25) is 0 Å². The molecule has 2 N–H and O–H groups in total. The number of rotatable bonds is 4. The predicted octanol–water partition coefficient (Wildman–Crippen LogP) is 1.24. The molecule has 0 aliphatic rings. The van der Waals surface area contributed by atoms with Gasteiger partial charge in [0, 0.05) is 5.33 Å². The number of Topliss-reactive ketones (excluding diaryl/α,β-unsaturated/α-hetero) is 1. The summed E-state index contributed by atoms with van der Waals surface area (Å²) in [6.07, 6.45) is -1.16. The highest BCUT2D eigenvalue weighted by Gasteiger charge is 2.22. The molecule has 0 heterocycles. The topological polar surface area (TPSA) is 66.4 Å². The molecule has 0 aromatic rings. The van der Waals surface area contributed by atoms with Crippen molar-refractivity contribution in [3.8, 4) is 0 Å². The monoisotopic (exact) mass is 237 g/mol. The molecule has 4 nitrogen and oxygen atoms in total. The maximum atomic E-state index is 10.9. The van der Waals surface area contributed by atoms with Gasteiger partial charge in [0.15, 0.2) is 5.78 Å². The second-order valence-electron chi connectivity index (χ2n) is 2.67. The Hall–Kier alpha value is -0.580. The van der Waals surface area contributed by atoms with Crippen molar-refractivity contribution in [2.24, 2.45) is 5.92 Å². The van der Waals surface area contributed by atoms with Crippen LogP contribution < -0.4 is 5.32 Å². The maximum absolute atomic E-state index is 10.9. The van der Waals surface area contributed by atoms with Crippen molar-refractivity contribution in [3.63, 3.8) is 0 Å². The summed E-state index contributed by atoms with van der Waals surface area (Å²) in [6.45, 7) is 3.18. The molecule has 1 unspecified atom stereocenters. The van der Waals surface area contributed by atoms with Gasteiger partial charge in [-0.25, -0.2) is 4.79 Å². The number of ketones is 1. The Morgan fingerprint density at radius 2 is 2.08 bits per heavy atom. The lowest BCUT2D eigenvalue weighted by molar-refractivity contribution is -0.119. The van der Waals surface area contributed by atoms with Crippen LogP contribution in [0.1, 0.15) is 13.8 Å². The molecule has 0 fully saturated rings. The van der Waals surface area contributed by atoms with E-state index < -0.39 is 12.1 Å². The number of hydrogen-bond donors (Lipinski definition) is 2. The molecular formula is C7H12BrNO3. The van der Waals surface area contributed by atoms with Gasteiger partial charge in [0.25, 0.3) is 0 Å². The van der Waals surface area contributed by atoms with Crippen LogP contribution in [0.3, 0.4) is 0 Å². The minimum atomic E-state index is -1.16. The van der Waals surface area contributed by atoms with Crippen LogP contribution in [-0.4, -0.2) is 28.4 Å². The van der Waals surface area contributed by atoms with E-state index in [1.807, 2.05) is 0 Å². The Balaban J connectivity index is 4.22. The fourth-order valence-electron chi connectivity index (χ4n) is 0.867. The SMILES string of the molecule is CC(=O)[C@H](NC(=O)O)C(C)CBr. The summed E-state index contributed by atoms with van der Waals surface area (Å²) in [5.74, 6) is -0.192. The van der Waals surface area contributed by atoms with Crippen molar-refractivity contribution in [3.05, 3.63) is 0 Å². The molecule has 1 amide bonds. The summed E-state index contributed by atoms with van der Waals surface area (Å²) in [5.41, 5.74) is 0. The van der Waals surface area contributed by atoms with E-state index in [9.17, 15) is 9.59 Å². The van der Waals surface area contributed by atoms with E-state index in [2.05, 4.69) is 21.2 Å². The van der Waals surface area contributed by atoms with Crippen molar-refractivity contribution in [1.29, 1.82) is 0 Å². The molecule has 12 heavy (non-hydrogen) atoms. The normalized spacial score (nSPS) is 14.9. The molecule has 0 radical (unpaired) electrons. The first-order valence-corrected chi connectivity index (χ1v) is 4.67. The average molecular weight is 238 g/mol. The van der Waals surface area contributed by atoms with E-state index in [0.717, 1.165) is 0 Å². The summed E-state index contributed by atoms with van der Waals surface area (Å²) in [4.78, 5) is 21.2. The van der Waals surface area contributed by atoms with Gasteiger partial charge in [0.1, 0.15) is 0 Å². The van der Waals surface area contributed by atoms with Crippen LogP contribution >= 0.6 is 15.9 Å². The second kappa shape index (κ2) is 5.13. The third-order valence-corrected chi connectivity index (χ3v) is 2.55. The smallest absolute Gasteiger partial charge is 0.405 e. The predicted molar refractivity (Wildman–Crippen MR) is 48.6 cm³/mol. The van der Waals surface area contributed by atoms with Gasteiger partial charge in [-0.1, -0.05) is 22.9 Å². The largest absolute Gasteiger partial charge is 0.465 e. The summed E-state index contributed by atoms with van der Waals surface area (Å²) in [7, 11) is 0. The van der Waals surface area contributed by atoms with E-state index in [0.29, 0.717) is 5.33 Å². The van der Waals surface area contributed by atoms with E-state index in [-0.39, 0.29) is 11.7 Å². The van der Waals surface area contributed by atoms with Gasteiger partial charge < -0.3 is 10.4 Å². The Kier molecular flexibility index (Phi) is 4.89. The summed E-state index contributed by atoms with van der Waals surface area (Å²) >= 11 is 3.19. The molecule has 2 atom stereocenters. The van der Waals surface area contributed by atoms with E-state index in [4.69, 9.17) is 5.11 Å². The summed E-state index contributed by atoms with van der Waals surface area (Å²) in [6, 6.07) is -0.609. The fourth-order valence-corrected chi connectivity index (χ4v) is 1.24. The zero-order chi connectivity index (χ0) is 9.72.